The molecule has 0 heterocycles. The SMILES string of the molecule is CCCCN(CCCC)/C(=C\C(=O)c1ccc(C)cc1)C(=O)c1ccc(C)cc1. The van der Waals surface area contributed by atoms with Crippen LogP contribution in [0.5, 0.6) is 0 Å². The Kier molecular flexibility index (Phi) is 8.85. The maximum atomic E-state index is 13.4. The lowest BCUT2D eigenvalue weighted by molar-refractivity contribution is 0.0971. The molecule has 0 aliphatic heterocycles. The Morgan fingerprint density at radius 1 is 0.759 bits per heavy atom. The summed E-state index contributed by atoms with van der Waals surface area (Å²) in [6.07, 6.45) is 5.60. The highest BCUT2D eigenvalue weighted by Gasteiger charge is 2.20. The van der Waals surface area contributed by atoms with Crippen molar-refractivity contribution in [2.24, 2.45) is 0 Å². The van der Waals surface area contributed by atoms with Gasteiger partial charge in [0.2, 0.25) is 5.78 Å². The van der Waals surface area contributed by atoms with Gasteiger partial charge in [-0.2, -0.15) is 0 Å². The predicted octanol–water partition coefficient (Wildman–Crippen LogP) is 6.16. The minimum atomic E-state index is -0.126. The topological polar surface area (TPSA) is 37.4 Å². The number of rotatable bonds is 11. The van der Waals surface area contributed by atoms with Crippen LogP contribution in [-0.2, 0) is 0 Å². The van der Waals surface area contributed by atoms with E-state index in [0.717, 1.165) is 49.9 Å². The van der Waals surface area contributed by atoms with Gasteiger partial charge >= 0.3 is 0 Å². The molecule has 154 valence electrons. The summed E-state index contributed by atoms with van der Waals surface area (Å²) in [5.41, 5.74) is 3.94. The summed E-state index contributed by atoms with van der Waals surface area (Å²) < 4.78 is 0. The molecule has 2 aromatic rings. The van der Waals surface area contributed by atoms with Gasteiger partial charge in [-0.15, -0.1) is 0 Å². The predicted molar refractivity (Wildman–Crippen MR) is 120 cm³/mol. The van der Waals surface area contributed by atoms with Crippen LogP contribution < -0.4 is 0 Å². The number of ketones is 2. The molecule has 0 radical (unpaired) electrons. The van der Waals surface area contributed by atoms with Crippen LogP contribution in [0.2, 0.25) is 0 Å². The van der Waals surface area contributed by atoms with E-state index < -0.39 is 0 Å². The molecule has 0 aromatic heterocycles. The average Bonchev–Trinajstić information content (AvgIpc) is 2.73. The van der Waals surface area contributed by atoms with E-state index in [1.165, 1.54) is 6.08 Å². The first-order valence-electron chi connectivity index (χ1n) is 10.6. The maximum Gasteiger partial charge on any atom is 0.209 e. The number of Topliss-reactive ketones (excluding diaryl/α,β-unsaturated/α-hetero) is 1. The second kappa shape index (κ2) is 11.4. The third kappa shape index (κ3) is 6.70. The summed E-state index contributed by atoms with van der Waals surface area (Å²) in [4.78, 5) is 28.4. The van der Waals surface area contributed by atoms with Crippen LogP contribution in [0.15, 0.2) is 60.3 Å². The lowest BCUT2D eigenvalue weighted by Gasteiger charge is -2.26. The van der Waals surface area contributed by atoms with E-state index in [1.54, 1.807) is 0 Å². The largest absolute Gasteiger partial charge is 0.368 e. The van der Waals surface area contributed by atoms with Crippen molar-refractivity contribution in [1.29, 1.82) is 0 Å². The molecule has 0 fully saturated rings. The van der Waals surface area contributed by atoms with Crippen molar-refractivity contribution in [3.05, 3.63) is 82.6 Å². The molecule has 0 spiro atoms. The number of unbranched alkanes of at least 4 members (excludes halogenated alkanes) is 2. The normalized spacial score (nSPS) is 11.4. The zero-order valence-corrected chi connectivity index (χ0v) is 18.2. The van der Waals surface area contributed by atoms with E-state index in [4.69, 9.17) is 0 Å². The molecule has 2 aromatic carbocycles. The van der Waals surface area contributed by atoms with Gasteiger partial charge in [0.25, 0.3) is 0 Å². The number of carbonyl (C=O) groups is 2. The fourth-order valence-electron chi connectivity index (χ4n) is 3.13. The zero-order chi connectivity index (χ0) is 21.2. The molecular weight excluding hydrogens is 358 g/mol. The molecule has 0 saturated heterocycles. The summed E-state index contributed by atoms with van der Waals surface area (Å²) in [6.45, 7) is 9.83. The molecule has 0 unspecified atom stereocenters. The number of benzene rings is 2. The third-order valence-corrected chi connectivity index (χ3v) is 5.05. The molecule has 3 heteroatoms. The van der Waals surface area contributed by atoms with E-state index >= 15 is 0 Å². The van der Waals surface area contributed by atoms with Gasteiger partial charge in [-0.25, -0.2) is 0 Å². The third-order valence-electron chi connectivity index (χ3n) is 5.05. The van der Waals surface area contributed by atoms with Gasteiger partial charge in [0.05, 0.1) is 5.70 Å². The lowest BCUT2D eigenvalue weighted by atomic mass is 10.0. The number of aryl methyl sites for hydroxylation is 2. The van der Waals surface area contributed by atoms with Gasteiger partial charge in [0, 0.05) is 30.3 Å². The molecule has 0 N–H and O–H groups in total. The second-order valence-electron chi connectivity index (χ2n) is 7.65. The molecule has 0 aliphatic rings. The standard InChI is InChI=1S/C26H33NO2/c1-5-7-17-27(18-8-6-2)24(26(29)23-15-11-21(4)12-16-23)19-25(28)22-13-9-20(3)10-14-22/h9-16,19H,5-8,17-18H2,1-4H3/b24-19-. The summed E-state index contributed by atoms with van der Waals surface area (Å²) in [7, 11) is 0. The van der Waals surface area contributed by atoms with Crippen LogP contribution in [0.4, 0.5) is 0 Å². The van der Waals surface area contributed by atoms with E-state index in [1.807, 2.05) is 62.4 Å². The highest BCUT2D eigenvalue weighted by molar-refractivity contribution is 6.14. The number of nitrogens with zero attached hydrogens (tertiary/aromatic N) is 1. The van der Waals surface area contributed by atoms with E-state index in [9.17, 15) is 9.59 Å². The molecule has 0 atom stereocenters. The Morgan fingerprint density at radius 3 is 1.66 bits per heavy atom. The first-order chi connectivity index (χ1) is 14.0. The first-order valence-corrected chi connectivity index (χ1v) is 10.6. The monoisotopic (exact) mass is 391 g/mol. The number of allylic oxidation sites excluding steroid dienone is 2. The quantitative estimate of drug-likeness (QED) is 0.340. The summed E-state index contributed by atoms with van der Waals surface area (Å²) in [6, 6.07) is 15.1. The number of hydrogen-bond acceptors (Lipinski definition) is 3. The van der Waals surface area contributed by atoms with Crippen LogP contribution in [0.1, 0.15) is 71.4 Å². The van der Waals surface area contributed by atoms with Crippen molar-refractivity contribution in [3.63, 3.8) is 0 Å². The van der Waals surface area contributed by atoms with Crippen LogP contribution in [0.25, 0.3) is 0 Å². The minimum absolute atomic E-state index is 0.0855. The Morgan fingerprint density at radius 2 is 1.21 bits per heavy atom. The van der Waals surface area contributed by atoms with Gasteiger partial charge in [0.1, 0.15) is 0 Å². The Labute approximate surface area is 175 Å². The fraction of sp³-hybridized carbons (Fsp3) is 0.385. The number of hydrogen-bond donors (Lipinski definition) is 0. The first kappa shape index (κ1) is 22.6. The Bertz CT molecular complexity index is 824. The molecule has 0 saturated carbocycles. The molecule has 0 bridgehead atoms. The van der Waals surface area contributed by atoms with E-state index in [2.05, 4.69) is 18.7 Å². The highest BCUT2D eigenvalue weighted by Crippen LogP contribution is 2.18. The molecule has 2 rings (SSSR count). The van der Waals surface area contributed by atoms with Crippen LogP contribution in [0.3, 0.4) is 0 Å². The maximum absolute atomic E-state index is 13.4. The molecular formula is C26H33NO2. The Hall–Kier alpha value is -2.68. The van der Waals surface area contributed by atoms with E-state index in [-0.39, 0.29) is 11.6 Å². The van der Waals surface area contributed by atoms with Crippen molar-refractivity contribution in [1.82, 2.24) is 4.90 Å². The van der Waals surface area contributed by atoms with Crippen LogP contribution >= 0.6 is 0 Å². The van der Waals surface area contributed by atoms with Gasteiger partial charge in [-0.3, -0.25) is 9.59 Å². The fourth-order valence-corrected chi connectivity index (χ4v) is 3.13. The van der Waals surface area contributed by atoms with Crippen molar-refractivity contribution < 1.29 is 9.59 Å². The molecule has 0 aliphatic carbocycles. The smallest absolute Gasteiger partial charge is 0.209 e. The van der Waals surface area contributed by atoms with Gasteiger partial charge < -0.3 is 4.90 Å². The summed E-state index contributed by atoms with van der Waals surface area (Å²) in [5.74, 6) is -0.212. The van der Waals surface area contributed by atoms with Gasteiger partial charge in [-0.05, 0) is 26.7 Å². The highest BCUT2D eigenvalue weighted by atomic mass is 16.1. The Balaban J connectivity index is 2.43. The van der Waals surface area contributed by atoms with Crippen molar-refractivity contribution >= 4 is 11.6 Å². The average molecular weight is 392 g/mol. The van der Waals surface area contributed by atoms with E-state index in [0.29, 0.717) is 16.8 Å². The molecule has 3 nitrogen and oxygen atoms in total. The lowest BCUT2D eigenvalue weighted by Crippen LogP contribution is -2.30. The zero-order valence-electron chi connectivity index (χ0n) is 18.2. The van der Waals surface area contributed by atoms with Crippen LogP contribution in [0, 0.1) is 13.8 Å². The van der Waals surface area contributed by atoms with Crippen molar-refractivity contribution in [2.75, 3.05) is 13.1 Å². The van der Waals surface area contributed by atoms with Gasteiger partial charge in [0.15, 0.2) is 5.78 Å². The summed E-state index contributed by atoms with van der Waals surface area (Å²) >= 11 is 0. The van der Waals surface area contributed by atoms with Crippen LogP contribution in [-0.4, -0.2) is 29.6 Å². The second-order valence-corrected chi connectivity index (χ2v) is 7.65. The number of carbonyl (C=O) groups excluding carboxylic acids is 2. The molecule has 29 heavy (non-hydrogen) atoms. The van der Waals surface area contributed by atoms with Crippen molar-refractivity contribution in [2.45, 2.75) is 53.4 Å². The summed E-state index contributed by atoms with van der Waals surface area (Å²) in [5, 5.41) is 0. The van der Waals surface area contributed by atoms with Gasteiger partial charge in [-0.1, -0.05) is 86.3 Å². The minimum Gasteiger partial charge on any atom is -0.368 e. The molecule has 0 amide bonds. The van der Waals surface area contributed by atoms with Crippen molar-refractivity contribution in [3.8, 4) is 0 Å².